The number of alkyl halides is 5. The molecule has 0 amide bonds. The Hall–Kier alpha value is 1.56. The monoisotopic (exact) mass is 407 g/mol. The van der Waals surface area contributed by atoms with E-state index in [4.69, 9.17) is 58.0 Å². The first kappa shape index (κ1) is 21.6. The van der Waals surface area contributed by atoms with Gasteiger partial charge in [-0.3, -0.25) is 4.89 Å². The highest BCUT2D eigenvalue weighted by molar-refractivity contribution is 7.49. The molecule has 0 rings (SSSR count). The number of hydrogen-bond acceptors (Lipinski definition) is 1. The lowest BCUT2D eigenvalue weighted by atomic mass is 10.5. The van der Waals surface area contributed by atoms with Gasteiger partial charge in [0.2, 0.25) is 0 Å². The molecular formula is C10H21Cl5N2O2P+. The van der Waals surface area contributed by atoms with Crippen LogP contribution in [0.2, 0.25) is 0 Å². The number of hydrogen-bond donors (Lipinski definition) is 1. The Balaban J connectivity index is 5.49. The Kier molecular flexibility index (Phi) is 12.0. The van der Waals surface area contributed by atoms with Crippen molar-refractivity contribution in [2.75, 3.05) is 62.1 Å². The van der Waals surface area contributed by atoms with Crippen LogP contribution in [-0.2, 0) is 4.57 Å². The summed E-state index contributed by atoms with van der Waals surface area (Å²) in [6.45, 7) is 1.49. The summed E-state index contributed by atoms with van der Waals surface area (Å²) in [7, 11) is -3.78. The largest absolute Gasteiger partial charge is 0.461 e. The lowest BCUT2D eigenvalue weighted by molar-refractivity contribution is -0.814. The Morgan fingerprint density at radius 1 is 0.800 bits per heavy atom. The van der Waals surface area contributed by atoms with Gasteiger partial charge in [0.1, 0.15) is 0 Å². The van der Waals surface area contributed by atoms with E-state index in [2.05, 4.69) is 0 Å². The number of halogens is 5. The van der Waals surface area contributed by atoms with Crippen LogP contribution in [0.15, 0.2) is 0 Å². The molecule has 20 heavy (non-hydrogen) atoms. The van der Waals surface area contributed by atoms with Gasteiger partial charge in [-0.2, -0.15) is 4.67 Å². The molecular weight excluding hydrogens is 388 g/mol. The summed E-state index contributed by atoms with van der Waals surface area (Å²) in [6, 6.07) is 0. The van der Waals surface area contributed by atoms with Gasteiger partial charge in [-0.15, -0.1) is 58.0 Å². The fraction of sp³-hybridized carbons (Fsp3) is 1.00. The highest BCUT2D eigenvalue weighted by Crippen LogP contribution is 2.55. The molecule has 0 bridgehead atoms. The fourth-order valence-corrected chi connectivity index (χ4v) is 6.34. The van der Waals surface area contributed by atoms with E-state index < -0.39 is 7.67 Å². The van der Waals surface area contributed by atoms with Gasteiger partial charge in [-0.1, -0.05) is 0 Å². The Labute approximate surface area is 146 Å². The van der Waals surface area contributed by atoms with E-state index in [1.807, 2.05) is 0 Å². The SMILES string of the molecule is O=P(O)(N(CCCl)CCCl)[N+](CCCl)(CCCl)CCCl. The quantitative estimate of drug-likeness (QED) is 0.397. The average Bonchev–Trinajstić information content (AvgIpc) is 2.39. The third-order valence-corrected chi connectivity index (χ3v) is 6.80. The minimum absolute atomic E-state index is 0.128. The second kappa shape index (κ2) is 11.2. The van der Waals surface area contributed by atoms with Crippen LogP contribution in [0.3, 0.4) is 0 Å². The molecule has 1 unspecified atom stereocenters. The zero-order chi connectivity index (χ0) is 15.6. The van der Waals surface area contributed by atoms with E-state index >= 15 is 0 Å². The fourth-order valence-electron chi connectivity index (χ4n) is 2.03. The zero-order valence-corrected chi connectivity index (χ0v) is 15.8. The molecule has 0 aliphatic rings. The highest BCUT2D eigenvalue weighted by atomic mass is 35.5. The van der Waals surface area contributed by atoms with Crippen molar-refractivity contribution in [1.29, 1.82) is 0 Å². The molecule has 0 aromatic heterocycles. The lowest BCUT2D eigenvalue weighted by Crippen LogP contribution is -2.53. The summed E-state index contributed by atoms with van der Waals surface area (Å²) >= 11 is 28.9. The Morgan fingerprint density at radius 2 is 1.15 bits per heavy atom. The molecule has 0 saturated carbocycles. The van der Waals surface area contributed by atoms with Crippen LogP contribution in [0, 0.1) is 0 Å². The van der Waals surface area contributed by atoms with Crippen LogP contribution in [0.1, 0.15) is 0 Å². The van der Waals surface area contributed by atoms with E-state index in [9.17, 15) is 9.46 Å². The van der Waals surface area contributed by atoms with E-state index in [0.29, 0.717) is 19.6 Å². The van der Waals surface area contributed by atoms with Crippen molar-refractivity contribution < 1.29 is 13.7 Å². The Bertz CT molecular complexity index is 288. The summed E-state index contributed by atoms with van der Waals surface area (Å²) < 4.78 is 14.3. The minimum atomic E-state index is -3.78. The van der Waals surface area contributed by atoms with Crippen LogP contribution in [-0.4, -0.2) is 75.9 Å². The van der Waals surface area contributed by atoms with Crippen molar-refractivity contribution >= 4 is 65.7 Å². The minimum Gasteiger partial charge on any atom is -0.289 e. The summed E-state index contributed by atoms with van der Waals surface area (Å²) in [5.74, 6) is 1.21. The summed E-state index contributed by atoms with van der Waals surface area (Å²) in [5.41, 5.74) is 0. The van der Waals surface area contributed by atoms with Crippen LogP contribution in [0.25, 0.3) is 0 Å². The molecule has 0 aliphatic heterocycles. The predicted octanol–water partition coefficient (Wildman–Crippen LogP) is 3.40. The van der Waals surface area contributed by atoms with E-state index in [-0.39, 0.29) is 46.7 Å². The number of quaternary nitrogens is 1. The molecule has 0 aromatic rings. The van der Waals surface area contributed by atoms with E-state index in [0.717, 1.165) is 0 Å². The van der Waals surface area contributed by atoms with Crippen LogP contribution in [0.5, 0.6) is 0 Å². The summed E-state index contributed by atoms with van der Waals surface area (Å²) in [6.07, 6.45) is 0. The van der Waals surface area contributed by atoms with Crippen molar-refractivity contribution in [3.05, 3.63) is 0 Å². The zero-order valence-electron chi connectivity index (χ0n) is 11.2. The molecule has 0 aliphatic carbocycles. The first-order chi connectivity index (χ1) is 9.45. The molecule has 4 nitrogen and oxygen atoms in total. The van der Waals surface area contributed by atoms with E-state index in [1.54, 1.807) is 0 Å². The van der Waals surface area contributed by atoms with Gasteiger partial charge in [0, 0.05) is 24.8 Å². The number of nitrogens with zero attached hydrogens (tertiary/aromatic N) is 2. The normalized spacial score (nSPS) is 15.6. The standard InChI is InChI=1S/C10H20Cl5N2O2P/c11-1-6-16(7-2-12)20(18,19)17(8-3-13,9-4-14)10-5-15/h1-10H2/p+1. The van der Waals surface area contributed by atoms with Crippen molar-refractivity contribution in [3.8, 4) is 0 Å². The maximum atomic E-state index is 13.0. The Morgan fingerprint density at radius 3 is 1.40 bits per heavy atom. The first-order valence-electron chi connectivity index (χ1n) is 6.20. The summed E-state index contributed by atoms with van der Waals surface area (Å²) in [5, 5.41) is 0. The van der Waals surface area contributed by atoms with Crippen molar-refractivity contribution in [2.24, 2.45) is 0 Å². The second-order valence-electron chi connectivity index (χ2n) is 4.18. The highest BCUT2D eigenvalue weighted by Gasteiger charge is 2.49. The van der Waals surface area contributed by atoms with Gasteiger partial charge < -0.3 is 0 Å². The van der Waals surface area contributed by atoms with Gasteiger partial charge in [0.05, 0.1) is 37.3 Å². The van der Waals surface area contributed by atoms with Gasteiger partial charge in [0.25, 0.3) is 0 Å². The molecule has 1 atom stereocenters. The smallest absolute Gasteiger partial charge is 0.289 e. The van der Waals surface area contributed by atoms with Gasteiger partial charge >= 0.3 is 7.67 Å². The van der Waals surface area contributed by atoms with Crippen molar-refractivity contribution in [1.82, 2.24) is 4.67 Å². The third-order valence-electron chi connectivity index (χ3n) is 3.11. The second-order valence-corrected chi connectivity index (χ2v) is 8.51. The average molecular weight is 410 g/mol. The van der Waals surface area contributed by atoms with Crippen LogP contribution >= 0.6 is 65.7 Å². The number of rotatable bonds is 12. The van der Waals surface area contributed by atoms with Gasteiger partial charge in [0.15, 0.2) is 0 Å². The first-order valence-corrected chi connectivity index (χ1v) is 10.4. The maximum absolute atomic E-state index is 13.0. The molecule has 10 heteroatoms. The molecule has 0 heterocycles. The van der Waals surface area contributed by atoms with Crippen molar-refractivity contribution in [3.63, 3.8) is 0 Å². The maximum Gasteiger partial charge on any atom is 0.461 e. The third kappa shape index (κ3) is 5.64. The molecule has 0 radical (unpaired) electrons. The lowest BCUT2D eigenvalue weighted by Gasteiger charge is -2.43. The molecule has 0 saturated heterocycles. The summed E-state index contributed by atoms with van der Waals surface area (Å²) in [4.78, 5) is 10.7. The van der Waals surface area contributed by atoms with Gasteiger partial charge in [-0.05, 0) is 0 Å². The topological polar surface area (TPSA) is 40.5 Å². The van der Waals surface area contributed by atoms with Crippen molar-refractivity contribution in [2.45, 2.75) is 0 Å². The van der Waals surface area contributed by atoms with Crippen LogP contribution in [0.4, 0.5) is 0 Å². The van der Waals surface area contributed by atoms with Gasteiger partial charge in [-0.25, -0.2) is 8.82 Å². The molecule has 122 valence electrons. The van der Waals surface area contributed by atoms with Crippen LogP contribution < -0.4 is 0 Å². The molecule has 1 N–H and O–H groups in total. The van der Waals surface area contributed by atoms with E-state index in [1.165, 1.54) is 4.67 Å². The molecule has 0 fully saturated rings. The predicted molar refractivity (Wildman–Crippen MR) is 89.9 cm³/mol. The molecule has 0 aromatic carbocycles. The molecule has 0 spiro atoms.